The van der Waals surface area contributed by atoms with Crippen molar-refractivity contribution >= 4 is 34.5 Å². The molecule has 4 nitrogen and oxygen atoms in total. The number of halogens is 1. The van der Waals surface area contributed by atoms with Gasteiger partial charge in [0.1, 0.15) is 5.82 Å². The van der Waals surface area contributed by atoms with Gasteiger partial charge in [0, 0.05) is 18.0 Å². The number of nitrogens with one attached hydrogen (secondary N) is 2. The summed E-state index contributed by atoms with van der Waals surface area (Å²) in [5.74, 6) is -1.20. The molecule has 1 aromatic carbocycles. The number of carbonyl (C=O) groups is 2. The van der Waals surface area contributed by atoms with Gasteiger partial charge in [-0.3, -0.25) is 9.59 Å². The summed E-state index contributed by atoms with van der Waals surface area (Å²) < 4.78 is 13.4. The zero-order valence-electron chi connectivity index (χ0n) is 10.1. The summed E-state index contributed by atoms with van der Waals surface area (Å²) in [6, 6.07) is 5.69. The van der Waals surface area contributed by atoms with Crippen molar-refractivity contribution in [3.63, 3.8) is 0 Å². The summed E-state index contributed by atoms with van der Waals surface area (Å²) in [6.45, 7) is 1.29. The van der Waals surface area contributed by atoms with E-state index in [-0.39, 0.29) is 17.5 Å². The van der Waals surface area contributed by atoms with Crippen LogP contribution in [0.2, 0.25) is 0 Å². The average Bonchev–Trinajstić information content (AvgIpc) is 2.86. The molecule has 19 heavy (non-hydrogen) atoms. The predicted molar refractivity (Wildman–Crippen MR) is 73.0 cm³/mol. The third-order valence-corrected chi connectivity index (χ3v) is 3.00. The van der Waals surface area contributed by atoms with Crippen molar-refractivity contribution in [2.24, 2.45) is 0 Å². The first-order valence-electron chi connectivity index (χ1n) is 5.47. The van der Waals surface area contributed by atoms with Crippen LogP contribution in [-0.4, -0.2) is 11.8 Å². The molecule has 1 aromatic heterocycles. The Morgan fingerprint density at radius 1 is 1.21 bits per heavy atom. The molecule has 2 amide bonds. The smallest absolute Gasteiger partial charge is 0.256 e. The van der Waals surface area contributed by atoms with E-state index in [1.807, 2.05) is 0 Å². The lowest BCUT2D eigenvalue weighted by molar-refractivity contribution is -0.114. The van der Waals surface area contributed by atoms with Crippen LogP contribution in [0.1, 0.15) is 17.3 Å². The summed E-state index contributed by atoms with van der Waals surface area (Å²) in [5, 5.41) is 8.50. The van der Waals surface area contributed by atoms with E-state index in [4.69, 9.17) is 0 Å². The normalized spacial score (nSPS) is 10.0. The molecule has 0 saturated carbocycles. The fraction of sp³-hybridized carbons (Fsp3) is 0.0769. The summed E-state index contributed by atoms with van der Waals surface area (Å²) in [4.78, 5) is 22.7. The lowest BCUT2D eigenvalue weighted by atomic mass is 10.2. The zero-order chi connectivity index (χ0) is 13.8. The summed E-state index contributed by atoms with van der Waals surface area (Å²) in [7, 11) is 0. The second-order valence-corrected chi connectivity index (χ2v) is 4.62. The lowest BCUT2D eigenvalue weighted by Gasteiger charge is -2.08. The SMILES string of the molecule is CC(=O)Nc1cc(NC(=O)c2ccsc2)ccc1F. The van der Waals surface area contributed by atoms with E-state index in [1.54, 1.807) is 16.8 Å². The number of hydrogen-bond donors (Lipinski definition) is 2. The van der Waals surface area contributed by atoms with Gasteiger partial charge >= 0.3 is 0 Å². The van der Waals surface area contributed by atoms with Gasteiger partial charge < -0.3 is 10.6 Å². The molecule has 0 radical (unpaired) electrons. The Labute approximate surface area is 113 Å². The first-order valence-corrected chi connectivity index (χ1v) is 6.41. The molecule has 0 aliphatic rings. The molecule has 0 fully saturated rings. The molecule has 6 heteroatoms. The van der Waals surface area contributed by atoms with Crippen molar-refractivity contribution < 1.29 is 14.0 Å². The number of hydrogen-bond acceptors (Lipinski definition) is 3. The van der Waals surface area contributed by atoms with E-state index in [2.05, 4.69) is 10.6 Å². The molecule has 0 spiro atoms. The van der Waals surface area contributed by atoms with E-state index in [9.17, 15) is 14.0 Å². The third kappa shape index (κ3) is 3.38. The highest BCUT2D eigenvalue weighted by molar-refractivity contribution is 7.08. The van der Waals surface area contributed by atoms with E-state index < -0.39 is 5.82 Å². The highest BCUT2D eigenvalue weighted by Gasteiger charge is 2.09. The first kappa shape index (κ1) is 13.2. The van der Waals surface area contributed by atoms with E-state index in [0.717, 1.165) is 0 Å². The van der Waals surface area contributed by atoms with Crippen LogP contribution in [-0.2, 0) is 4.79 Å². The standard InChI is InChI=1S/C13H11FN2O2S/c1-8(17)15-12-6-10(2-3-11(12)14)16-13(18)9-4-5-19-7-9/h2-7H,1H3,(H,15,17)(H,16,18). The number of anilines is 2. The Hall–Kier alpha value is -2.21. The Kier molecular flexibility index (Phi) is 3.91. The Bertz CT molecular complexity index is 611. The molecular weight excluding hydrogens is 267 g/mol. The van der Waals surface area contributed by atoms with Crippen LogP contribution in [0.25, 0.3) is 0 Å². The largest absolute Gasteiger partial charge is 0.324 e. The first-order chi connectivity index (χ1) is 9.06. The molecule has 1 heterocycles. The molecule has 0 aliphatic carbocycles. The summed E-state index contributed by atoms with van der Waals surface area (Å²) in [5.41, 5.74) is 0.993. The van der Waals surface area contributed by atoms with Crippen LogP contribution in [0.4, 0.5) is 15.8 Å². The van der Waals surface area contributed by atoms with E-state index >= 15 is 0 Å². The fourth-order valence-corrected chi connectivity index (χ4v) is 2.12. The topological polar surface area (TPSA) is 58.2 Å². The molecule has 0 aliphatic heterocycles. The fourth-order valence-electron chi connectivity index (χ4n) is 1.49. The number of rotatable bonds is 3. The minimum Gasteiger partial charge on any atom is -0.324 e. The summed E-state index contributed by atoms with van der Waals surface area (Å²) >= 11 is 1.41. The molecule has 0 unspecified atom stereocenters. The monoisotopic (exact) mass is 278 g/mol. The maximum atomic E-state index is 13.4. The van der Waals surface area contributed by atoms with Crippen molar-refractivity contribution in [2.75, 3.05) is 10.6 Å². The van der Waals surface area contributed by atoms with Crippen LogP contribution < -0.4 is 10.6 Å². The predicted octanol–water partition coefficient (Wildman–Crippen LogP) is 3.10. The molecule has 2 rings (SSSR count). The van der Waals surface area contributed by atoms with Crippen LogP contribution in [0.3, 0.4) is 0 Å². The molecule has 2 aromatic rings. The van der Waals surface area contributed by atoms with Crippen LogP contribution in [0.5, 0.6) is 0 Å². The van der Waals surface area contributed by atoms with Gasteiger partial charge in [-0.2, -0.15) is 11.3 Å². The van der Waals surface area contributed by atoms with Gasteiger partial charge in [0.25, 0.3) is 5.91 Å². The Morgan fingerprint density at radius 2 is 2.00 bits per heavy atom. The van der Waals surface area contributed by atoms with Crippen LogP contribution in [0, 0.1) is 5.82 Å². The molecule has 98 valence electrons. The molecule has 0 atom stereocenters. The number of carbonyl (C=O) groups excluding carboxylic acids is 2. The van der Waals surface area contributed by atoms with Crippen molar-refractivity contribution in [1.29, 1.82) is 0 Å². The molecule has 0 bridgehead atoms. The van der Waals surface area contributed by atoms with Crippen molar-refractivity contribution in [3.8, 4) is 0 Å². The minimum atomic E-state index is -0.552. The lowest BCUT2D eigenvalue weighted by Crippen LogP contribution is -2.12. The maximum Gasteiger partial charge on any atom is 0.256 e. The second-order valence-electron chi connectivity index (χ2n) is 3.84. The maximum absolute atomic E-state index is 13.4. The molecule has 2 N–H and O–H groups in total. The molecular formula is C13H11FN2O2S. The van der Waals surface area contributed by atoms with Crippen LogP contribution >= 0.6 is 11.3 Å². The van der Waals surface area contributed by atoms with E-state index in [0.29, 0.717) is 11.3 Å². The quantitative estimate of drug-likeness (QED) is 0.906. The third-order valence-electron chi connectivity index (χ3n) is 2.32. The molecule has 0 saturated heterocycles. The zero-order valence-corrected chi connectivity index (χ0v) is 10.9. The second kappa shape index (κ2) is 5.62. The van der Waals surface area contributed by atoms with E-state index in [1.165, 1.54) is 36.5 Å². The number of amides is 2. The average molecular weight is 278 g/mol. The van der Waals surface area contributed by atoms with Gasteiger partial charge in [0.2, 0.25) is 5.91 Å². The van der Waals surface area contributed by atoms with Gasteiger partial charge in [0.15, 0.2) is 0 Å². The van der Waals surface area contributed by atoms with Crippen molar-refractivity contribution in [1.82, 2.24) is 0 Å². The van der Waals surface area contributed by atoms with Gasteiger partial charge in [-0.15, -0.1) is 0 Å². The van der Waals surface area contributed by atoms with Crippen molar-refractivity contribution in [3.05, 3.63) is 46.4 Å². The minimum absolute atomic E-state index is 0.0376. The van der Waals surface area contributed by atoms with Gasteiger partial charge in [0.05, 0.1) is 11.3 Å². The Morgan fingerprint density at radius 3 is 2.63 bits per heavy atom. The highest BCUT2D eigenvalue weighted by Crippen LogP contribution is 2.20. The van der Waals surface area contributed by atoms with Gasteiger partial charge in [-0.1, -0.05) is 0 Å². The van der Waals surface area contributed by atoms with Crippen LogP contribution in [0.15, 0.2) is 35.0 Å². The summed E-state index contributed by atoms with van der Waals surface area (Å²) in [6.07, 6.45) is 0. The van der Waals surface area contributed by atoms with Gasteiger partial charge in [-0.05, 0) is 29.6 Å². The Balaban J connectivity index is 2.17. The highest BCUT2D eigenvalue weighted by atomic mass is 32.1. The number of benzene rings is 1. The van der Waals surface area contributed by atoms with Crippen molar-refractivity contribution in [2.45, 2.75) is 6.92 Å². The number of thiophene rings is 1. The van der Waals surface area contributed by atoms with Gasteiger partial charge in [-0.25, -0.2) is 4.39 Å².